The number of rotatable bonds is 4. The van der Waals surface area contributed by atoms with E-state index in [9.17, 15) is 4.79 Å². The lowest BCUT2D eigenvalue weighted by Crippen LogP contribution is -2.59. The van der Waals surface area contributed by atoms with Gasteiger partial charge >= 0.3 is 5.97 Å². The number of hydrogen-bond acceptors (Lipinski definition) is 2. The quantitative estimate of drug-likeness (QED) is 0.709. The fourth-order valence-corrected chi connectivity index (χ4v) is 5.26. The zero-order chi connectivity index (χ0) is 12.8. The Hall–Kier alpha value is -0.530. The predicted molar refractivity (Wildman–Crippen MR) is 70.8 cm³/mol. The highest BCUT2D eigenvalue weighted by molar-refractivity contribution is 5.70. The summed E-state index contributed by atoms with van der Waals surface area (Å²) in [6, 6.07) is 0. The Morgan fingerprint density at radius 1 is 1.17 bits per heavy atom. The summed E-state index contributed by atoms with van der Waals surface area (Å²) in [5.74, 6) is 3.05. The minimum Gasteiger partial charge on any atom is -0.458 e. The van der Waals surface area contributed by atoms with E-state index in [0.717, 1.165) is 24.7 Å². The molecule has 4 aliphatic rings. The molecule has 0 unspecified atom stereocenters. The Balaban J connectivity index is 1.86. The fourth-order valence-electron chi connectivity index (χ4n) is 5.26. The van der Waals surface area contributed by atoms with Gasteiger partial charge in [-0.2, -0.15) is 0 Å². The van der Waals surface area contributed by atoms with Crippen LogP contribution in [0.5, 0.6) is 0 Å². The van der Waals surface area contributed by atoms with Gasteiger partial charge in [-0.05, 0) is 69.1 Å². The van der Waals surface area contributed by atoms with Gasteiger partial charge in [-0.3, -0.25) is 4.79 Å². The SMILES string of the molecule is [CH2]CC(=O)OC1(CCC)C2CC3CC(C2)CC1C3. The van der Waals surface area contributed by atoms with Crippen LogP contribution in [0, 0.1) is 30.6 Å². The van der Waals surface area contributed by atoms with E-state index < -0.39 is 0 Å². The van der Waals surface area contributed by atoms with Crippen LogP contribution in [-0.2, 0) is 9.53 Å². The van der Waals surface area contributed by atoms with Gasteiger partial charge in [0.05, 0.1) is 0 Å². The number of carbonyl (C=O) groups excluding carboxylic acids is 1. The topological polar surface area (TPSA) is 26.3 Å². The second kappa shape index (κ2) is 4.54. The molecule has 0 N–H and O–H groups in total. The molecule has 101 valence electrons. The van der Waals surface area contributed by atoms with Gasteiger partial charge in [-0.1, -0.05) is 13.3 Å². The van der Waals surface area contributed by atoms with E-state index in [-0.39, 0.29) is 18.0 Å². The van der Waals surface area contributed by atoms with E-state index in [1.165, 1.54) is 32.1 Å². The van der Waals surface area contributed by atoms with Crippen molar-refractivity contribution in [1.82, 2.24) is 0 Å². The van der Waals surface area contributed by atoms with Crippen molar-refractivity contribution >= 4 is 5.97 Å². The minimum atomic E-state index is -0.114. The number of ether oxygens (including phenoxy) is 1. The highest BCUT2D eigenvalue weighted by Gasteiger charge is 2.58. The van der Waals surface area contributed by atoms with Crippen molar-refractivity contribution in [3.8, 4) is 0 Å². The van der Waals surface area contributed by atoms with Crippen molar-refractivity contribution in [1.29, 1.82) is 0 Å². The van der Waals surface area contributed by atoms with Crippen LogP contribution < -0.4 is 0 Å². The molecule has 4 rings (SSSR count). The van der Waals surface area contributed by atoms with Gasteiger partial charge in [0.25, 0.3) is 0 Å². The molecule has 0 aliphatic heterocycles. The Morgan fingerprint density at radius 2 is 1.72 bits per heavy atom. The third kappa shape index (κ3) is 1.80. The van der Waals surface area contributed by atoms with Crippen LogP contribution in [0.1, 0.15) is 58.3 Å². The monoisotopic (exact) mass is 249 g/mol. The van der Waals surface area contributed by atoms with Crippen LogP contribution in [0.15, 0.2) is 0 Å². The van der Waals surface area contributed by atoms with E-state index in [2.05, 4.69) is 13.8 Å². The first-order valence-corrected chi connectivity index (χ1v) is 7.69. The van der Waals surface area contributed by atoms with E-state index in [1.54, 1.807) is 0 Å². The Labute approximate surface area is 110 Å². The maximum atomic E-state index is 11.8. The fraction of sp³-hybridized carbons (Fsp3) is 0.875. The van der Waals surface area contributed by atoms with E-state index in [1.807, 2.05) is 0 Å². The largest absolute Gasteiger partial charge is 0.458 e. The molecule has 0 amide bonds. The minimum absolute atomic E-state index is 0.0871. The lowest BCUT2D eigenvalue weighted by molar-refractivity contribution is -0.211. The van der Waals surface area contributed by atoms with Crippen molar-refractivity contribution in [3.05, 3.63) is 6.92 Å². The predicted octanol–water partition coefficient (Wildman–Crippen LogP) is 3.75. The molecule has 0 heterocycles. The van der Waals surface area contributed by atoms with Crippen LogP contribution >= 0.6 is 0 Å². The maximum absolute atomic E-state index is 11.8. The molecule has 0 aromatic heterocycles. The molecule has 0 aromatic rings. The van der Waals surface area contributed by atoms with Gasteiger partial charge in [0.2, 0.25) is 0 Å². The van der Waals surface area contributed by atoms with Gasteiger partial charge in [0.15, 0.2) is 0 Å². The first kappa shape index (κ1) is 12.5. The van der Waals surface area contributed by atoms with Gasteiger partial charge in [-0.15, -0.1) is 0 Å². The summed E-state index contributed by atoms with van der Waals surface area (Å²) in [4.78, 5) is 11.8. The molecule has 2 heteroatoms. The average Bonchev–Trinajstić information content (AvgIpc) is 2.35. The molecule has 4 aliphatic carbocycles. The first-order valence-electron chi connectivity index (χ1n) is 7.69. The van der Waals surface area contributed by atoms with Gasteiger partial charge < -0.3 is 4.74 Å². The summed E-state index contributed by atoms with van der Waals surface area (Å²) < 4.78 is 6.00. The molecular weight excluding hydrogens is 224 g/mol. The molecule has 0 spiro atoms. The summed E-state index contributed by atoms with van der Waals surface area (Å²) in [5.41, 5.74) is -0.114. The molecule has 4 fully saturated rings. The lowest BCUT2D eigenvalue weighted by Gasteiger charge is -2.60. The molecular formula is C16H25O2. The van der Waals surface area contributed by atoms with Gasteiger partial charge in [0, 0.05) is 6.42 Å². The third-order valence-corrected chi connectivity index (χ3v) is 5.67. The van der Waals surface area contributed by atoms with Crippen LogP contribution in [0.4, 0.5) is 0 Å². The number of carbonyl (C=O) groups is 1. The lowest BCUT2D eigenvalue weighted by atomic mass is 9.49. The van der Waals surface area contributed by atoms with Crippen LogP contribution in [0.25, 0.3) is 0 Å². The Kier molecular flexibility index (Phi) is 3.15. The molecule has 0 atom stereocenters. The van der Waals surface area contributed by atoms with Crippen molar-refractivity contribution in [2.75, 3.05) is 0 Å². The van der Waals surface area contributed by atoms with Gasteiger partial charge in [-0.25, -0.2) is 0 Å². The second-order valence-electron chi connectivity index (χ2n) is 6.73. The van der Waals surface area contributed by atoms with Crippen molar-refractivity contribution in [2.24, 2.45) is 23.7 Å². The number of hydrogen-bond donors (Lipinski definition) is 0. The molecule has 18 heavy (non-hydrogen) atoms. The highest BCUT2D eigenvalue weighted by atomic mass is 16.6. The van der Waals surface area contributed by atoms with E-state index >= 15 is 0 Å². The molecule has 0 aromatic carbocycles. The van der Waals surface area contributed by atoms with Crippen molar-refractivity contribution in [2.45, 2.75) is 63.9 Å². The van der Waals surface area contributed by atoms with Crippen LogP contribution in [0.2, 0.25) is 0 Å². The maximum Gasteiger partial charge on any atom is 0.306 e. The normalized spacial score (nSPS) is 45.2. The van der Waals surface area contributed by atoms with Crippen molar-refractivity contribution < 1.29 is 9.53 Å². The summed E-state index contributed by atoms with van der Waals surface area (Å²) in [6.07, 6.45) is 9.11. The summed E-state index contributed by atoms with van der Waals surface area (Å²) in [6.45, 7) is 5.90. The van der Waals surface area contributed by atoms with Crippen LogP contribution in [0.3, 0.4) is 0 Å². The number of esters is 1. The molecule has 4 bridgehead atoms. The molecule has 2 nitrogen and oxygen atoms in total. The standard InChI is InChI=1S/C16H25O2/c1-3-5-16(18-15(17)4-2)13-7-11-6-12(9-13)10-14(16)8-11/h11-14H,2-10H2,1H3. The average molecular weight is 249 g/mol. The highest BCUT2D eigenvalue weighted by Crippen LogP contribution is 2.60. The first-order chi connectivity index (χ1) is 8.68. The van der Waals surface area contributed by atoms with Crippen LogP contribution in [-0.4, -0.2) is 11.6 Å². The third-order valence-electron chi connectivity index (χ3n) is 5.67. The zero-order valence-electron chi connectivity index (χ0n) is 11.5. The van der Waals surface area contributed by atoms with E-state index in [4.69, 9.17) is 4.74 Å². The summed E-state index contributed by atoms with van der Waals surface area (Å²) in [5, 5.41) is 0. The second-order valence-corrected chi connectivity index (χ2v) is 6.73. The Morgan fingerprint density at radius 3 is 2.17 bits per heavy atom. The smallest absolute Gasteiger partial charge is 0.306 e. The Bertz CT molecular complexity index is 306. The van der Waals surface area contributed by atoms with E-state index in [0.29, 0.717) is 11.8 Å². The summed E-state index contributed by atoms with van der Waals surface area (Å²) >= 11 is 0. The molecule has 1 radical (unpaired) electrons. The van der Waals surface area contributed by atoms with Gasteiger partial charge in [0.1, 0.15) is 5.60 Å². The summed E-state index contributed by atoms with van der Waals surface area (Å²) in [7, 11) is 0. The molecule has 4 saturated carbocycles. The molecule has 0 saturated heterocycles. The van der Waals surface area contributed by atoms with Crippen molar-refractivity contribution in [3.63, 3.8) is 0 Å². The zero-order valence-corrected chi connectivity index (χ0v) is 11.5.